The lowest BCUT2D eigenvalue weighted by atomic mass is 10.2. The molecule has 0 fully saturated rings. The van der Waals surface area contributed by atoms with E-state index in [9.17, 15) is 9.59 Å². The Balaban J connectivity index is 2.27. The number of nitrogens with zero attached hydrogens (tertiary/aromatic N) is 4. The lowest BCUT2D eigenvalue weighted by molar-refractivity contribution is -0.157. The van der Waals surface area contributed by atoms with Crippen LogP contribution in [0, 0.1) is 5.92 Å². The number of hydrogen-bond donors (Lipinski definition) is 1. The highest BCUT2D eigenvalue weighted by Crippen LogP contribution is 2.17. The van der Waals surface area contributed by atoms with Crippen LogP contribution in [0.25, 0.3) is 11.2 Å². The van der Waals surface area contributed by atoms with Crippen molar-refractivity contribution < 1.29 is 19.1 Å². The summed E-state index contributed by atoms with van der Waals surface area (Å²) in [5.74, 6) is -2.42. The van der Waals surface area contributed by atoms with Crippen molar-refractivity contribution in [2.75, 3.05) is 13.2 Å². The van der Waals surface area contributed by atoms with E-state index in [1.807, 2.05) is 0 Å². The number of carbonyl (C=O) groups excluding carboxylic acids is 2. The van der Waals surface area contributed by atoms with E-state index in [0.717, 1.165) is 6.21 Å². The molecule has 0 amide bonds. The number of fused-ring (bicyclic) bond motifs is 1. The molecule has 1 N–H and O–H groups in total. The van der Waals surface area contributed by atoms with Gasteiger partial charge in [0.05, 0.1) is 19.5 Å². The molecule has 0 saturated carbocycles. The number of hydrogen-bond acceptors (Lipinski definition) is 8. The molecule has 0 unspecified atom stereocenters. The topological polar surface area (TPSA) is 119 Å². The van der Waals surface area contributed by atoms with Gasteiger partial charge in [-0.25, -0.2) is 19.9 Å². The zero-order valence-electron chi connectivity index (χ0n) is 12.1. The van der Waals surface area contributed by atoms with Gasteiger partial charge < -0.3 is 14.5 Å². The van der Waals surface area contributed by atoms with E-state index in [1.54, 1.807) is 13.8 Å². The highest BCUT2D eigenvalue weighted by atomic mass is 16.6. The number of rotatable bonds is 6. The molecule has 0 aliphatic rings. The molecule has 2 rings (SSSR count). The Morgan fingerprint density at radius 2 is 1.91 bits per heavy atom. The fourth-order valence-electron chi connectivity index (χ4n) is 1.68. The Kier molecular flexibility index (Phi) is 5.12. The molecule has 2 aromatic heterocycles. The zero-order valence-corrected chi connectivity index (χ0v) is 12.1. The van der Waals surface area contributed by atoms with Crippen molar-refractivity contribution in [3.05, 3.63) is 12.7 Å². The summed E-state index contributed by atoms with van der Waals surface area (Å²) in [6, 6.07) is 0. The first-order chi connectivity index (χ1) is 10.7. The van der Waals surface area contributed by atoms with E-state index < -0.39 is 17.9 Å². The number of aromatic nitrogens is 4. The van der Waals surface area contributed by atoms with Crippen molar-refractivity contribution in [3.63, 3.8) is 0 Å². The Hall–Kier alpha value is -2.84. The van der Waals surface area contributed by atoms with Crippen LogP contribution in [0.2, 0.25) is 0 Å². The van der Waals surface area contributed by atoms with Crippen molar-refractivity contribution in [2.45, 2.75) is 13.8 Å². The maximum atomic E-state index is 11.8. The van der Waals surface area contributed by atoms with Crippen LogP contribution in [-0.4, -0.2) is 51.3 Å². The summed E-state index contributed by atoms with van der Waals surface area (Å²) in [5.41, 5.74) is 0.941. The van der Waals surface area contributed by atoms with Gasteiger partial charge >= 0.3 is 11.9 Å². The van der Waals surface area contributed by atoms with Gasteiger partial charge in [-0.15, -0.1) is 0 Å². The normalized spacial score (nSPS) is 11.2. The first-order valence-electron chi connectivity index (χ1n) is 6.68. The van der Waals surface area contributed by atoms with Crippen LogP contribution in [-0.2, 0) is 19.1 Å². The Morgan fingerprint density at radius 1 is 1.23 bits per heavy atom. The molecule has 0 aliphatic heterocycles. The van der Waals surface area contributed by atoms with E-state index in [4.69, 9.17) is 9.47 Å². The van der Waals surface area contributed by atoms with Gasteiger partial charge in [0.15, 0.2) is 17.4 Å². The Labute approximate surface area is 125 Å². The highest BCUT2D eigenvalue weighted by molar-refractivity contribution is 6.09. The molecule has 2 heterocycles. The van der Waals surface area contributed by atoms with Crippen LogP contribution in [0.15, 0.2) is 17.6 Å². The van der Waals surface area contributed by atoms with Crippen LogP contribution in [0.1, 0.15) is 13.8 Å². The molecule has 2 aromatic rings. The molecule has 0 bridgehead atoms. The third-order valence-corrected chi connectivity index (χ3v) is 2.63. The molecule has 0 saturated heterocycles. The maximum absolute atomic E-state index is 11.8. The smallest absolute Gasteiger partial charge is 0.325 e. The zero-order chi connectivity index (χ0) is 15.9. The van der Waals surface area contributed by atoms with Crippen LogP contribution in [0.4, 0.5) is 5.82 Å². The van der Waals surface area contributed by atoms with E-state index in [0.29, 0.717) is 11.2 Å². The summed E-state index contributed by atoms with van der Waals surface area (Å²) in [6.07, 6.45) is 3.89. The highest BCUT2D eigenvalue weighted by Gasteiger charge is 2.27. The molecule has 0 radical (unpaired) electrons. The van der Waals surface area contributed by atoms with E-state index in [2.05, 4.69) is 24.9 Å². The lowest BCUT2D eigenvalue weighted by Gasteiger charge is -2.09. The number of nitrogens with one attached hydrogen (secondary N) is 1. The maximum Gasteiger partial charge on any atom is 0.325 e. The molecular weight excluding hydrogens is 290 g/mol. The van der Waals surface area contributed by atoms with E-state index >= 15 is 0 Å². The fraction of sp³-hybridized carbons (Fsp3) is 0.385. The van der Waals surface area contributed by atoms with Crippen molar-refractivity contribution >= 4 is 35.1 Å². The Bertz CT molecular complexity index is 679. The SMILES string of the molecule is CCOC(=O)C(C=Nc1ncnc2nc[nH]c12)C(=O)OCC. The third-order valence-electron chi connectivity index (χ3n) is 2.63. The minimum atomic E-state index is -1.24. The molecular formula is C13H15N5O4. The number of aliphatic imine (C=N–C) groups is 1. The van der Waals surface area contributed by atoms with Crippen molar-refractivity contribution in [1.29, 1.82) is 0 Å². The van der Waals surface area contributed by atoms with Crippen molar-refractivity contribution in [3.8, 4) is 0 Å². The lowest BCUT2D eigenvalue weighted by Crippen LogP contribution is -2.29. The standard InChI is InChI=1S/C13H15N5O4/c1-3-21-12(19)8(13(20)22-4-2)5-14-10-9-11(16-6-15-9)18-7-17-10/h5-8H,3-4H2,1-2H3,(H,15,16,17,18). The van der Waals surface area contributed by atoms with Gasteiger partial charge in [0.1, 0.15) is 11.8 Å². The van der Waals surface area contributed by atoms with Gasteiger partial charge in [0.25, 0.3) is 0 Å². The van der Waals surface area contributed by atoms with Gasteiger partial charge in [0.2, 0.25) is 0 Å². The summed E-state index contributed by atoms with van der Waals surface area (Å²) in [5, 5.41) is 0. The van der Waals surface area contributed by atoms with Crippen molar-refractivity contribution in [2.24, 2.45) is 10.9 Å². The number of ether oxygens (including phenoxy) is 2. The van der Waals surface area contributed by atoms with Gasteiger partial charge in [-0.2, -0.15) is 0 Å². The molecule has 0 atom stereocenters. The van der Waals surface area contributed by atoms with Crippen LogP contribution >= 0.6 is 0 Å². The van der Waals surface area contributed by atoms with Gasteiger partial charge in [0, 0.05) is 6.21 Å². The number of imidazole rings is 1. The first-order valence-corrected chi connectivity index (χ1v) is 6.68. The molecule has 9 nitrogen and oxygen atoms in total. The molecule has 9 heteroatoms. The monoisotopic (exact) mass is 305 g/mol. The average molecular weight is 305 g/mol. The van der Waals surface area contributed by atoms with Crippen LogP contribution in [0.3, 0.4) is 0 Å². The Morgan fingerprint density at radius 3 is 2.55 bits per heavy atom. The van der Waals surface area contributed by atoms with E-state index in [1.165, 1.54) is 12.7 Å². The fourth-order valence-corrected chi connectivity index (χ4v) is 1.68. The summed E-state index contributed by atoms with van der Waals surface area (Å²) < 4.78 is 9.70. The number of esters is 2. The predicted octanol–water partition coefficient (Wildman–Crippen LogP) is 0.798. The summed E-state index contributed by atoms with van der Waals surface area (Å²) in [6.45, 7) is 3.60. The summed E-state index contributed by atoms with van der Waals surface area (Å²) in [7, 11) is 0. The van der Waals surface area contributed by atoms with Crippen molar-refractivity contribution in [1.82, 2.24) is 19.9 Å². The number of aromatic amines is 1. The number of carbonyl (C=O) groups is 2. The second-order valence-electron chi connectivity index (χ2n) is 4.06. The summed E-state index contributed by atoms with van der Waals surface area (Å²) in [4.78, 5) is 42.5. The minimum absolute atomic E-state index is 0.154. The van der Waals surface area contributed by atoms with Gasteiger partial charge in [-0.05, 0) is 13.8 Å². The molecule has 116 valence electrons. The molecule has 0 spiro atoms. The van der Waals surface area contributed by atoms with Gasteiger partial charge in [-0.3, -0.25) is 9.59 Å². The largest absolute Gasteiger partial charge is 0.465 e. The van der Waals surface area contributed by atoms with Crippen LogP contribution < -0.4 is 0 Å². The second kappa shape index (κ2) is 7.25. The quantitative estimate of drug-likeness (QED) is 0.476. The average Bonchev–Trinajstić information content (AvgIpc) is 2.97. The van der Waals surface area contributed by atoms with Gasteiger partial charge in [-0.1, -0.05) is 0 Å². The van der Waals surface area contributed by atoms with E-state index in [-0.39, 0.29) is 19.0 Å². The second-order valence-corrected chi connectivity index (χ2v) is 4.06. The number of H-pyrrole nitrogens is 1. The molecule has 0 aromatic carbocycles. The first kappa shape index (κ1) is 15.5. The summed E-state index contributed by atoms with van der Waals surface area (Å²) >= 11 is 0. The third kappa shape index (κ3) is 3.43. The minimum Gasteiger partial charge on any atom is -0.465 e. The molecule has 22 heavy (non-hydrogen) atoms. The van der Waals surface area contributed by atoms with Crippen LogP contribution in [0.5, 0.6) is 0 Å². The predicted molar refractivity (Wildman–Crippen MR) is 76.6 cm³/mol. The molecule has 0 aliphatic carbocycles.